The molecule has 0 N–H and O–H groups in total. The summed E-state index contributed by atoms with van der Waals surface area (Å²) in [4.78, 5) is 0. The first kappa shape index (κ1) is 21.6. The van der Waals surface area contributed by atoms with Crippen molar-refractivity contribution >= 4 is 18.0 Å². The van der Waals surface area contributed by atoms with Crippen molar-refractivity contribution < 1.29 is 9.47 Å². The molecule has 4 rings (SSSR count). The van der Waals surface area contributed by atoms with Crippen LogP contribution in [0.5, 0.6) is 11.5 Å². The number of rotatable bonds is 10. The molecule has 0 radical (unpaired) electrons. The van der Waals surface area contributed by atoms with Crippen molar-refractivity contribution in [1.82, 2.24) is 14.9 Å². The second kappa shape index (κ2) is 11.2. The van der Waals surface area contributed by atoms with E-state index in [1.165, 1.54) is 11.1 Å². The maximum Gasteiger partial charge on any atom is 0.212 e. The van der Waals surface area contributed by atoms with E-state index >= 15 is 0 Å². The Hall–Kier alpha value is -3.58. The summed E-state index contributed by atoms with van der Waals surface area (Å²) in [7, 11) is 1.64. The monoisotopic (exact) mass is 444 g/mol. The van der Waals surface area contributed by atoms with Crippen molar-refractivity contribution in [3.63, 3.8) is 0 Å². The first-order valence-corrected chi connectivity index (χ1v) is 11.3. The minimum absolute atomic E-state index is 0.580. The Kier molecular flexibility index (Phi) is 7.55. The Balaban J connectivity index is 1.37. The van der Waals surface area contributed by atoms with Gasteiger partial charge in [0.2, 0.25) is 5.16 Å². The fourth-order valence-electron chi connectivity index (χ4n) is 3.05. The average molecular weight is 445 g/mol. The Morgan fingerprint density at radius 3 is 2.44 bits per heavy atom. The quantitative estimate of drug-likeness (QED) is 0.252. The highest BCUT2D eigenvalue weighted by molar-refractivity contribution is 7.98. The number of ether oxygens (including phenoxy) is 2. The molecule has 0 bridgehead atoms. The summed E-state index contributed by atoms with van der Waals surface area (Å²) in [5.41, 5.74) is 3.36. The van der Waals surface area contributed by atoms with E-state index in [1.54, 1.807) is 36.1 Å². The Bertz CT molecular complexity index is 1150. The van der Waals surface area contributed by atoms with Crippen molar-refractivity contribution in [2.24, 2.45) is 5.10 Å². The fourth-order valence-corrected chi connectivity index (χ4v) is 3.87. The van der Waals surface area contributed by atoms with Crippen molar-refractivity contribution in [3.05, 3.63) is 102 Å². The summed E-state index contributed by atoms with van der Waals surface area (Å²) >= 11 is 1.59. The maximum atomic E-state index is 5.93. The van der Waals surface area contributed by atoms with E-state index in [0.717, 1.165) is 22.9 Å². The predicted octanol–water partition coefficient (Wildman–Crippen LogP) is 5.08. The fraction of sp³-hybridized carbons (Fsp3) is 0.160. The molecule has 0 aliphatic heterocycles. The molecular formula is C25H24N4O2S. The van der Waals surface area contributed by atoms with E-state index < -0.39 is 0 Å². The number of hydrogen-bond donors (Lipinski definition) is 0. The number of benzene rings is 3. The molecule has 0 amide bonds. The van der Waals surface area contributed by atoms with E-state index in [-0.39, 0.29) is 0 Å². The van der Waals surface area contributed by atoms with Crippen LogP contribution in [0.1, 0.15) is 16.7 Å². The van der Waals surface area contributed by atoms with Gasteiger partial charge in [0.1, 0.15) is 6.33 Å². The van der Waals surface area contributed by atoms with Crippen molar-refractivity contribution in [1.29, 1.82) is 0 Å². The summed E-state index contributed by atoms with van der Waals surface area (Å²) in [5.74, 6) is 2.19. The second-order valence-electron chi connectivity index (χ2n) is 6.97. The third kappa shape index (κ3) is 5.98. The van der Waals surface area contributed by atoms with Gasteiger partial charge in [0.15, 0.2) is 11.5 Å². The predicted molar refractivity (Wildman–Crippen MR) is 128 cm³/mol. The van der Waals surface area contributed by atoms with Crippen LogP contribution in [0.3, 0.4) is 0 Å². The summed E-state index contributed by atoms with van der Waals surface area (Å²) in [6, 6.07) is 26.3. The van der Waals surface area contributed by atoms with Crippen LogP contribution in [-0.2, 0) is 12.2 Å². The number of hydrogen-bond acceptors (Lipinski definition) is 6. The number of aromatic nitrogens is 3. The SMILES string of the molecule is COc1cc(/C=N/n2cnnc2SCc2ccccc2)ccc1OCCc1ccccc1. The molecule has 7 heteroatoms. The number of nitrogens with zero attached hydrogens (tertiary/aromatic N) is 4. The van der Waals surface area contributed by atoms with Crippen LogP contribution in [0, 0.1) is 0 Å². The smallest absolute Gasteiger partial charge is 0.212 e. The van der Waals surface area contributed by atoms with Gasteiger partial charge < -0.3 is 9.47 Å². The first-order chi connectivity index (χ1) is 15.8. The zero-order valence-corrected chi connectivity index (χ0v) is 18.6. The highest BCUT2D eigenvalue weighted by atomic mass is 32.2. The average Bonchev–Trinajstić information content (AvgIpc) is 3.30. The minimum atomic E-state index is 0.580. The van der Waals surface area contributed by atoms with Crippen molar-refractivity contribution in [3.8, 4) is 11.5 Å². The third-order valence-electron chi connectivity index (χ3n) is 4.72. The van der Waals surface area contributed by atoms with Gasteiger partial charge in [0.05, 0.1) is 19.9 Å². The first-order valence-electron chi connectivity index (χ1n) is 10.3. The molecule has 0 saturated heterocycles. The van der Waals surface area contributed by atoms with Gasteiger partial charge in [-0.05, 0) is 34.9 Å². The van der Waals surface area contributed by atoms with Crippen LogP contribution in [0.25, 0.3) is 0 Å². The molecule has 0 atom stereocenters. The van der Waals surface area contributed by atoms with E-state index in [1.807, 2.05) is 54.6 Å². The van der Waals surface area contributed by atoms with E-state index in [9.17, 15) is 0 Å². The Labute approximate surface area is 191 Å². The normalized spacial score (nSPS) is 11.0. The lowest BCUT2D eigenvalue weighted by molar-refractivity contribution is 0.297. The minimum Gasteiger partial charge on any atom is -0.493 e. The molecule has 6 nitrogen and oxygen atoms in total. The zero-order valence-electron chi connectivity index (χ0n) is 17.8. The molecule has 0 saturated carbocycles. The van der Waals surface area contributed by atoms with Crippen LogP contribution < -0.4 is 9.47 Å². The number of thioether (sulfide) groups is 1. The van der Waals surface area contributed by atoms with Gasteiger partial charge in [-0.2, -0.15) is 9.78 Å². The van der Waals surface area contributed by atoms with E-state index in [0.29, 0.717) is 18.1 Å². The van der Waals surface area contributed by atoms with Gasteiger partial charge in [-0.1, -0.05) is 72.4 Å². The van der Waals surface area contributed by atoms with Gasteiger partial charge in [0.25, 0.3) is 0 Å². The molecule has 0 unspecified atom stereocenters. The molecule has 0 aliphatic carbocycles. The zero-order chi connectivity index (χ0) is 22.0. The highest BCUT2D eigenvalue weighted by Crippen LogP contribution is 2.28. The van der Waals surface area contributed by atoms with Crippen molar-refractivity contribution in [2.45, 2.75) is 17.3 Å². The topological polar surface area (TPSA) is 61.5 Å². The lowest BCUT2D eigenvalue weighted by Gasteiger charge is -2.11. The maximum absolute atomic E-state index is 5.93. The van der Waals surface area contributed by atoms with Crippen molar-refractivity contribution in [2.75, 3.05) is 13.7 Å². The van der Waals surface area contributed by atoms with Gasteiger partial charge in [-0.25, -0.2) is 0 Å². The lowest BCUT2D eigenvalue weighted by Crippen LogP contribution is -2.03. The van der Waals surface area contributed by atoms with Gasteiger partial charge in [-0.3, -0.25) is 0 Å². The van der Waals surface area contributed by atoms with Crippen LogP contribution in [-0.4, -0.2) is 34.8 Å². The molecular weight excluding hydrogens is 420 g/mol. The summed E-state index contributed by atoms with van der Waals surface area (Å²) in [5, 5.41) is 13.4. The largest absolute Gasteiger partial charge is 0.493 e. The summed E-state index contributed by atoms with van der Waals surface area (Å²) in [6.45, 7) is 0.580. The molecule has 1 aromatic heterocycles. The van der Waals surface area contributed by atoms with Crippen LogP contribution >= 0.6 is 11.8 Å². The third-order valence-corrected chi connectivity index (χ3v) is 5.73. The molecule has 0 fully saturated rings. The van der Waals surface area contributed by atoms with E-state index in [4.69, 9.17) is 9.47 Å². The van der Waals surface area contributed by atoms with Crippen LogP contribution in [0.15, 0.2) is 95.4 Å². The summed E-state index contributed by atoms with van der Waals surface area (Å²) < 4.78 is 13.1. The Morgan fingerprint density at radius 1 is 0.938 bits per heavy atom. The van der Waals surface area contributed by atoms with E-state index in [2.05, 4.69) is 39.6 Å². The molecule has 0 spiro atoms. The van der Waals surface area contributed by atoms with Crippen LogP contribution in [0.4, 0.5) is 0 Å². The lowest BCUT2D eigenvalue weighted by atomic mass is 10.2. The highest BCUT2D eigenvalue weighted by Gasteiger charge is 2.07. The van der Waals surface area contributed by atoms with Gasteiger partial charge in [-0.15, -0.1) is 10.2 Å². The van der Waals surface area contributed by atoms with Crippen LogP contribution in [0.2, 0.25) is 0 Å². The molecule has 3 aromatic carbocycles. The molecule has 1 heterocycles. The second-order valence-corrected chi connectivity index (χ2v) is 7.91. The molecule has 0 aliphatic rings. The Morgan fingerprint density at radius 2 is 1.69 bits per heavy atom. The molecule has 4 aromatic rings. The van der Waals surface area contributed by atoms with Gasteiger partial charge in [0, 0.05) is 12.2 Å². The molecule has 162 valence electrons. The molecule has 32 heavy (non-hydrogen) atoms. The summed E-state index contributed by atoms with van der Waals surface area (Å²) in [6.07, 6.45) is 4.19. The number of methoxy groups -OCH3 is 1. The standard InChI is InChI=1S/C25H24N4O2S/c1-30-24-16-22(12-13-23(24)31-15-14-20-8-4-2-5-9-20)17-27-29-19-26-28-25(29)32-18-21-10-6-3-7-11-21/h2-13,16-17,19H,14-15,18H2,1H3/b27-17+. The van der Waals surface area contributed by atoms with Gasteiger partial charge >= 0.3 is 0 Å².